The fraction of sp³-hybridized carbons (Fsp3) is 0.836. The summed E-state index contributed by atoms with van der Waals surface area (Å²) in [4.78, 5) is 120. The Bertz CT molecular complexity index is 2470. The molecule has 3 aliphatic rings. The summed E-state index contributed by atoms with van der Waals surface area (Å²) in [6, 6.07) is -5.88. The number of ether oxygens (including phenoxy) is 12. The van der Waals surface area contributed by atoms with Crippen LogP contribution in [0.4, 0.5) is 24.0 Å². The molecule has 0 radical (unpaired) electrons. The largest absolute Gasteiger partial charge is 0.457 e. The maximum atomic E-state index is 14.8. The molecule has 3 fully saturated rings. The molecule has 2 heterocycles. The second kappa shape index (κ2) is 30.7. The van der Waals surface area contributed by atoms with Crippen molar-refractivity contribution in [3.8, 4) is 0 Å². The lowest BCUT2D eigenvalue weighted by atomic mass is 9.82. The molecule has 30 nitrogen and oxygen atoms in total. The van der Waals surface area contributed by atoms with Crippen molar-refractivity contribution in [3.63, 3.8) is 0 Å². The van der Waals surface area contributed by atoms with Crippen LogP contribution in [0.3, 0.4) is 0 Å². The number of nitrogens with one attached hydrogen (secondary N) is 6. The number of esters is 3. The van der Waals surface area contributed by atoms with Crippen LogP contribution in [0.15, 0.2) is 0 Å². The fourth-order valence-corrected chi connectivity index (χ4v) is 9.72. The minimum atomic E-state index is -4.77. The number of carbonyl (C=O) groups is 9. The van der Waals surface area contributed by atoms with Crippen LogP contribution >= 0.6 is 0 Å². The van der Waals surface area contributed by atoms with E-state index in [1.54, 1.807) is 111 Å². The lowest BCUT2D eigenvalue weighted by molar-refractivity contribution is -0.314. The van der Waals surface area contributed by atoms with Gasteiger partial charge >= 0.3 is 48.4 Å². The van der Waals surface area contributed by atoms with Gasteiger partial charge < -0.3 is 88.7 Å². The smallest absolute Gasteiger partial charge is 0.408 e. The average Bonchev–Trinajstić information content (AvgIpc) is 2.71. The van der Waals surface area contributed by atoms with Gasteiger partial charge in [-0.05, 0) is 130 Å². The van der Waals surface area contributed by atoms with Gasteiger partial charge in [-0.3, -0.25) is 23.4 Å². The second-order valence-electron chi connectivity index (χ2n) is 26.0. The monoisotopic (exact) mass is 1250 g/mol. The van der Waals surface area contributed by atoms with Crippen molar-refractivity contribution < 1.29 is 113 Å². The highest BCUT2D eigenvalue weighted by molar-refractivity contribution is 7.86. The molecule has 0 aromatic heterocycles. The Balaban J connectivity index is 2.46. The van der Waals surface area contributed by atoms with Crippen molar-refractivity contribution in [1.82, 2.24) is 31.9 Å². The zero-order valence-electron chi connectivity index (χ0n) is 53.2. The van der Waals surface area contributed by atoms with Crippen molar-refractivity contribution in [2.75, 3.05) is 19.3 Å². The van der Waals surface area contributed by atoms with Crippen LogP contribution in [0.5, 0.6) is 0 Å². The van der Waals surface area contributed by atoms with Gasteiger partial charge in [0.2, 0.25) is 0 Å². The zero-order chi connectivity index (χ0) is 65.7. The van der Waals surface area contributed by atoms with E-state index in [9.17, 15) is 51.6 Å². The zero-order valence-corrected chi connectivity index (χ0v) is 54.1. The first-order chi connectivity index (χ1) is 39.2. The number of alkyl carbamates (subject to hydrolysis) is 5. The third-order valence-electron chi connectivity index (χ3n) is 11.9. The first-order valence-electron chi connectivity index (χ1n) is 28.4. The summed E-state index contributed by atoms with van der Waals surface area (Å²) >= 11 is 0. The molecule has 0 bridgehead atoms. The number of amides is 6. The van der Waals surface area contributed by atoms with Gasteiger partial charge in [0.15, 0.2) is 30.9 Å². The maximum Gasteiger partial charge on any atom is 0.408 e. The fourth-order valence-electron chi connectivity index (χ4n) is 9.10. The third-order valence-corrected chi connectivity index (χ3v) is 12.5. The van der Waals surface area contributed by atoms with Gasteiger partial charge in [0.1, 0.15) is 52.4 Å². The highest BCUT2D eigenvalue weighted by Gasteiger charge is 2.57. The summed E-state index contributed by atoms with van der Waals surface area (Å²) in [6.45, 7) is 28.4. The molecular weight excluding hydrogens is 1160 g/mol. The van der Waals surface area contributed by atoms with Crippen LogP contribution in [0.25, 0.3) is 0 Å². The van der Waals surface area contributed by atoms with Gasteiger partial charge in [-0.1, -0.05) is 6.92 Å². The van der Waals surface area contributed by atoms with Crippen molar-refractivity contribution in [2.45, 2.75) is 277 Å². The van der Waals surface area contributed by atoms with E-state index in [1.807, 2.05) is 0 Å². The summed E-state index contributed by atoms with van der Waals surface area (Å²) in [7, 11) is -4.77. The number of carbonyl (C=O) groups excluding carboxylic acids is 9. The lowest BCUT2D eigenvalue weighted by Crippen LogP contribution is -2.71. The Morgan fingerprint density at radius 1 is 0.512 bits per heavy atom. The maximum absolute atomic E-state index is 14.8. The average molecular weight is 1260 g/mol. The van der Waals surface area contributed by atoms with Gasteiger partial charge in [-0.2, -0.15) is 8.42 Å². The van der Waals surface area contributed by atoms with Crippen molar-refractivity contribution >= 4 is 64.4 Å². The Kier molecular flexibility index (Phi) is 26.5. The molecule has 3 rings (SSSR count). The first kappa shape index (κ1) is 74.2. The van der Waals surface area contributed by atoms with E-state index in [4.69, 9.17) is 61.0 Å². The van der Waals surface area contributed by atoms with E-state index in [-0.39, 0.29) is 38.8 Å². The Hall–Kier alpha value is -6.02. The highest BCUT2D eigenvalue weighted by atomic mass is 32.2. The molecule has 0 spiro atoms. The third kappa shape index (κ3) is 27.4. The summed E-state index contributed by atoms with van der Waals surface area (Å²) in [5, 5.41) is 15.9. The summed E-state index contributed by atoms with van der Waals surface area (Å²) < 4.78 is 105. The molecule has 0 aromatic carbocycles. The van der Waals surface area contributed by atoms with Gasteiger partial charge in [-0.15, -0.1) is 0 Å². The number of hydrogen-bond acceptors (Lipinski definition) is 24. The summed E-state index contributed by atoms with van der Waals surface area (Å²) in [5.41, 5.74) is -5.06. The van der Waals surface area contributed by atoms with Gasteiger partial charge in [0.25, 0.3) is 16.0 Å². The predicted octanol–water partition coefficient (Wildman–Crippen LogP) is 4.54. The van der Waals surface area contributed by atoms with E-state index >= 15 is 0 Å². The van der Waals surface area contributed by atoms with Crippen LogP contribution in [0, 0.1) is 0 Å². The molecule has 6 unspecified atom stereocenters. The SMILES string of the molecule is CCC1O[C@H](O[C@@H]2C(OS(C)(=O)=O)C(O[C@H]3OC(CNC(=O)OC(C)(C)C)CCC3NC(=O)OC(C)(C)C)[C@H](NC(=O)OC(C)(C)C)C[C@H]2NC(=O)[C@H](CCNC(=O)OC(C)(C)C)OC(C)=O)C(OC(C)=O)[C@@H](NC(=O)OC(C)(C)C)[C@H]1OC(C)=O. The molecule has 2 saturated heterocycles. The minimum absolute atomic E-state index is 0.00914. The molecule has 0 aromatic rings. The van der Waals surface area contributed by atoms with Gasteiger partial charge in [0.05, 0.1) is 36.6 Å². The second-order valence-corrected chi connectivity index (χ2v) is 27.6. The number of hydrogen-bond donors (Lipinski definition) is 6. The van der Waals surface area contributed by atoms with E-state index in [0.717, 1.165) is 20.8 Å². The quantitative estimate of drug-likeness (QED) is 0.0553. The van der Waals surface area contributed by atoms with E-state index in [1.165, 1.54) is 0 Å². The molecule has 494 valence electrons. The lowest BCUT2D eigenvalue weighted by Gasteiger charge is -2.51. The van der Waals surface area contributed by atoms with Crippen LogP contribution in [0.2, 0.25) is 0 Å². The van der Waals surface area contributed by atoms with Gasteiger partial charge in [-0.25, -0.2) is 24.0 Å². The topological polar surface area (TPSA) is 380 Å². The molecular formula is C55H94N6O24S. The molecule has 14 atom stereocenters. The van der Waals surface area contributed by atoms with Crippen LogP contribution in [-0.2, 0) is 90.3 Å². The molecule has 2 aliphatic heterocycles. The predicted molar refractivity (Wildman–Crippen MR) is 302 cm³/mol. The molecule has 86 heavy (non-hydrogen) atoms. The Morgan fingerprint density at radius 2 is 0.953 bits per heavy atom. The van der Waals surface area contributed by atoms with E-state index in [2.05, 4.69) is 31.9 Å². The van der Waals surface area contributed by atoms with Crippen molar-refractivity contribution in [2.24, 2.45) is 0 Å². The summed E-state index contributed by atoms with van der Waals surface area (Å²) in [6.07, 6.45) is -21.3. The summed E-state index contributed by atoms with van der Waals surface area (Å²) in [5.74, 6) is -3.83. The normalized spacial score (nSPS) is 26.8. The van der Waals surface area contributed by atoms with Crippen LogP contribution in [-0.4, -0.2) is 196 Å². The van der Waals surface area contributed by atoms with E-state index in [0.29, 0.717) is 6.26 Å². The molecule has 1 aliphatic carbocycles. The standard InChI is InChI=1S/C55H94N6O24S/c1-21-35-40(74-29(3)63)37(61-50(70)84-55(17,18)19)41(75-30(4)64)45(77-35)79-38-33(58-43(65)36(73-28(2)62)24-25-56-46(66)80-51(5,6)7)26-34(60-49(69)83-54(14,15)16)39(42(38)85-86(20,71)72)78-44-32(59-48(68)82-53(11,12)13)23-22-31(76-44)27-57-47(67)81-52(8,9)10/h31-42,44-45H,21-27H2,1-20H3,(H,56,66)(H,57,67)(H,58,65)(H,59,68)(H,60,69)(H,61,70)/t31?,32?,33-,34-,35?,36+,37+,38+,39?,40+,41?,42?,44-,45-/m1/s1. The highest BCUT2D eigenvalue weighted by Crippen LogP contribution is 2.37. The van der Waals surface area contributed by atoms with Gasteiger partial charge in [0, 0.05) is 40.3 Å². The number of rotatable bonds is 20. The minimum Gasteiger partial charge on any atom is -0.457 e. The molecule has 31 heteroatoms. The van der Waals surface area contributed by atoms with E-state index < -0.39 is 184 Å². The molecule has 6 amide bonds. The Labute approximate surface area is 503 Å². The van der Waals surface area contributed by atoms with Crippen LogP contribution in [0.1, 0.15) is 164 Å². The van der Waals surface area contributed by atoms with Crippen LogP contribution < -0.4 is 31.9 Å². The molecule has 1 saturated carbocycles. The van der Waals surface area contributed by atoms with Crippen molar-refractivity contribution in [1.29, 1.82) is 0 Å². The molecule has 6 N–H and O–H groups in total. The first-order valence-corrected chi connectivity index (χ1v) is 30.3. The van der Waals surface area contributed by atoms with Crippen molar-refractivity contribution in [3.05, 3.63) is 0 Å². The Morgan fingerprint density at radius 3 is 1.42 bits per heavy atom.